The zero-order chi connectivity index (χ0) is 15.2. The van der Waals surface area contributed by atoms with Gasteiger partial charge in [0, 0.05) is 18.1 Å². The number of nitrogens with one attached hydrogen (secondary N) is 1. The highest BCUT2D eigenvalue weighted by Crippen LogP contribution is 2.23. The molecule has 0 spiro atoms. The van der Waals surface area contributed by atoms with E-state index in [1.165, 1.54) is 0 Å². The number of aromatic nitrogens is 1. The number of pyridine rings is 1. The quantitative estimate of drug-likeness (QED) is 0.537. The van der Waals surface area contributed by atoms with Crippen LogP contribution in [0.5, 0.6) is 5.75 Å². The van der Waals surface area contributed by atoms with E-state index in [2.05, 4.69) is 10.3 Å². The van der Waals surface area contributed by atoms with Crippen molar-refractivity contribution in [2.75, 3.05) is 24.2 Å². The molecule has 0 bridgehead atoms. The first-order chi connectivity index (χ1) is 10.8. The molecule has 4 heteroatoms. The zero-order valence-corrected chi connectivity index (χ0v) is 12.3. The largest absolute Gasteiger partial charge is 0.491 e. The van der Waals surface area contributed by atoms with Crippen LogP contribution in [0.25, 0.3) is 10.9 Å². The Labute approximate surface area is 129 Å². The third kappa shape index (κ3) is 3.28. The molecule has 3 aromatic rings. The first kappa shape index (κ1) is 14.2. The third-order valence-electron chi connectivity index (χ3n) is 3.45. The van der Waals surface area contributed by atoms with Crippen LogP contribution in [-0.2, 0) is 0 Å². The van der Waals surface area contributed by atoms with E-state index in [0.717, 1.165) is 41.0 Å². The molecule has 112 valence electrons. The van der Waals surface area contributed by atoms with Crippen LogP contribution in [0.15, 0.2) is 60.8 Å². The van der Waals surface area contributed by atoms with E-state index in [4.69, 9.17) is 10.5 Å². The molecule has 0 atom stereocenters. The summed E-state index contributed by atoms with van der Waals surface area (Å²) < 4.78 is 5.85. The number of hydrogen-bond donors (Lipinski definition) is 2. The molecule has 0 amide bonds. The van der Waals surface area contributed by atoms with Crippen molar-refractivity contribution in [1.82, 2.24) is 4.98 Å². The SMILES string of the molecule is Nc1ccccc1NCCCOc1cccc2cccnc12. The Kier molecular flexibility index (Phi) is 4.39. The maximum atomic E-state index is 5.89. The van der Waals surface area contributed by atoms with Gasteiger partial charge in [-0.2, -0.15) is 0 Å². The molecule has 22 heavy (non-hydrogen) atoms. The van der Waals surface area contributed by atoms with Gasteiger partial charge < -0.3 is 15.8 Å². The standard InChI is InChI=1S/C18H19N3O/c19-15-8-1-2-9-16(15)20-12-5-13-22-17-10-3-6-14-7-4-11-21-18(14)17/h1-4,6-11,20H,5,12-13,19H2. The van der Waals surface area contributed by atoms with Crippen molar-refractivity contribution in [3.05, 3.63) is 60.8 Å². The van der Waals surface area contributed by atoms with E-state index < -0.39 is 0 Å². The van der Waals surface area contributed by atoms with E-state index >= 15 is 0 Å². The molecule has 0 unspecified atom stereocenters. The molecule has 0 aliphatic rings. The molecule has 0 fully saturated rings. The highest BCUT2D eigenvalue weighted by molar-refractivity contribution is 5.84. The first-order valence-electron chi connectivity index (χ1n) is 7.39. The lowest BCUT2D eigenvalue weighted by Gasteiger charge is -2.10. The summed E-state index contributed by atoms with van der Waals surface area (Å²) in [5.74, 6) is 0.831. The average Bonchev–Trinajstić information content (AvgIpc) is 2.56. The summed E-state index contributed by atoms with van der Waals surface area (Å²) in [6.07, 6.45) is 2.67. The number of ether oxygens (including phenoxy) is 1. The van der Waals surface area contributed by atoms with E-state index in [9.17, 15) is 0 Å². The van der Waals surface area contributed by atoms with E-state index in [-0.39, 0.29) is 0 Å². The van der Waals surface area contributed by atoms with Gasteiger partial charge in [-0.05, 0) is 30.7 Å². The molecular weight excluding hydrogens is 274 g/mol. The summed E-state index contributed by atoms with van der Waals surface area (Å²) in [5.41, 5.74) is 8.53. The summed E-state index contributed by atoms with van der Waals surface area (Å²) in [4.78, 5) is 4.38. The van der Waals surface area contributed by atoms with Crippen molar-refractivity contribution in [2.45, 2.75) is 6.42 Å². The van der Waals surface area contributed by atoms with Crippen LogP contribution in [0.3, 0.4) is 0 Å². The van der Waals surface area contributed by atoms with Gasteiger partial charge in [-0.15, -0.1) is 0 Å². The van der Waals surface area contributed by atoms with Crippen LogP contribution in [0.4, 0.5) is 11.4 Å². The number of nitrogens with two attached hydrogens (primary N) is 1. The number of nitrogen functional groups attached to an aromatic ring is 1. The Morgan fingerprint density at radius 1 is 1.00 bits per heavy atom. The minimum atomic E-state index is 0.634. The Bertz CT molecular complexity index is 753. The number of anilines is 2. The minimum Gasteiger partial charge on any atom is -0.491 e. The second kappa shape index (κ2) is 6.80. The van der Waals surface area contributed by atoms with Crippen LogP contribution >= 0.6 is 0 Å². The predicted molar refractivity (Wildman–Crippen MR) is 91.2 cm³/mol. The molecule has 0 saturated carbocycles. The second-order valence-electron chi connectivity index (χ2n) is 5.05. The van der Waals surface area contributed by atoms with Gasteiger partial charge in [0.25, 0.3) is 0 Å². The predicted octanol–water partition coefficient (Wildman–Crippen LogP) is 3.70. The summed E-state index contributed by atoms with van der Waals surface area (Å²) in [6, 6.07) is 17.7. The van der Waals surface area contributed by atoms with Gasteiger partial charge in [0.15, 0.2) is 0 Å². The Hall–Kier alpha value is -2.75. The van der Waals surface area contributed by atoms with Crippen molar-refractivity contribution in [1.29, 1.82) is 0 Å². The van der Waals surface area contributed by atoms with Crippen molar-refractivity contribution in [3.8, 4) is 5.75 Å². The molecular formula is C18H19N3O. The van der Waals surface area contributed by atoms with Crippen molar-refractivity contribution >= 4 is 22.3 Å². The van der Waals surface area contributed by atoms with Gasteiger partial charge in [-0.25, -0.2) is 0 Å². The van der Waals surface area contributed by atoms with Crippen molar-refractivity contribution < 1.29 is 4.74 Å². The molecule has 4 nitrogen and oxygen atoms in total. The summed E-state index contributed by atoms with van der Waals surface area (Å²) in [7, 11) is 0. The molecule has 3 rings (SSSR count). The summed E-state index contributed by atoms with van der Waals surface area (Å²) >= 11 is 0. The molecule has 3 N–H and O–H groups in total. The molecule has 1 heterocycles. The molecule has 1 aromatic heterocycles. The van der Waals surface area contributed by atoms with Gasteiger partial charge in [-0.3, -0.25) is 4.98 Å². The fourth-order valence-electron chi connectivity index (χ4n) is 2.33. The lowest BCUT2D eigenvalue weighted by Crippen LogP contribution is -2.08. The van der Waals surface area contributed by atoms with Gasteiger partial charge in [0.2, 0.25) is 0 Å². The highest BCUT2D eigenvalue weighted by Gasteiger charge is 2.02. The van der Waals surface area contributed by atoms with E-state index in [1.807, 2.05) is 54.6 Å². The van der Waals surface area contributed by atoms with Gasteiger partial charge in [-0.1, -0.05) is 30.3 Å². The maximum absolute atomic E-state index is 5.89. The Morgan fingerprint density at radius 2 is 1.86 bits per heavy atom. The van der Waals surface area contributed by atoms with Gasteiger partial charge >= 0.3 is 0 Å². The number of fused-ring (bicyclic) bond motifs is 1. The van der Waals surface area contributed by atoms with Crippen LogP contribution in [0.2, 0.25) is 0 Å². The molecule has 0 aliphatic heterocycles. The molecule has 0 saturated heterocycles. The van der Waals surface area contributed by atoms with Gasteiger partial charge in [0.05, 0.1) is 18.0 Å². The normalized spacial score (nSPS) is 10.5. The lowest BCUT2D eigenvalue weighted by atomic mass is 10.2. The number of benzene rings is 2. The van der Waals surface area contributed by atoms with Crippen LogP contribution in [0, 0.1) is 0 Å². The topological polar surface area (TPSA) is 60.2 Å². The molecule has 0 aliphatic carbocycles. The average molecular weight is 293 g/mol. The van der Waals surface area contributed by atoms with E-state index in [1.54, 1.807) is 6.20 Å². The first-order valence-corrected chi connectivity index (χ1v) is 7.39. The minimum absolute atomic E-state index is 0.634. The van der Waals surface area contributed by atoms with E-state index in [0.29, 0.717) is 6.61 Å². The van der Waals surface area contributed by atoms with Crippen LogP contribution < -0.4 is 15.8 Å². The number of hydrogen-bond acceptors (Lipinski definition) is 4. The lowest BCUT2D eigenvalue weighted by molar-refractivity contribution is 0.318. The fourth-order valence-corrected chi connectivity index (χ4v) is 2.33. The maximum Gasteiger partial charge on any atom is 0.145 e. The summed E-state index contributed by atoms with van der Waals surface area (Å²) in [6.45, 7) is 1.45. The molecule has 0 radical (unpaired) electrons. The van der Waals surface area contributed by atoms with Crippen LogP contribution in [-0.4, -0.2) is 18.1 Å². The Morgan fingerprint density at radius 3 is 2.77 bits per heavy atom. The number of rotatable bonds is 6. The third-order valence-corrected chi connectivity index (χ3v) is 3.45. The zero-order valence-electron chi connectivity index (χ0n) is 12.3. The highest BCUT2D eigenvalue weighted by atomic mass is 16.5. The number of para-hydroxylation sites is 3. The molecule has 2 aromatic carbocycles. The van der Waals surface area contributed by atoms with Crippen molar-refractivity contribution in [3.63, 3.8) is 0 Å². The monoisotopic (exact) mass is 293 g/mol. The smallest absolute Gasteiger partial charge is 0.145 e. The van der Waals surface area contributed by atoms with Gasteiger partial charge in [0.1, 0.15) is 11.3 Å². The van der Waals surface area contributed by atoms with Crippen LogP contribution in [0.1, 0.15) is 6.42 Å². The second-order valence-corrected chi connectivity index (χ2v) is 5.05. The Balaban J connectivity index is 1.52. The summed E-state index contributed by atoms with van der Waals surface area (Å²) in [5, 5.41) is 4.41. The number of nitrogens with zero attached hydrogens (tertiary/aromatic N) is 1. The van der Waals surface area contributed by atoms with Crippen molar-refractivity contribution in [2.24, 2.45) is 0 Å². The fraction of sp³-hybridized carbons (Fsp3) is 0.167.